The van der Waals surface area contributed by atoms with Crippen molar-refractivity contribution < 1.29 is 13.5 Å². The molecule has 4 aromatic carbocycles. The highest BCUT2D eigenvalue weighted by Gasteiger charge is 2.16. The highest BCUT2D eigenvalue weighted by atomic mass is 35.5. The predicted octanol–water partition coefficient (Wildman–Crippen LogP) is 7.72. The van der Waals surface area contributed by atoms with Crippen LogP contribution in [0.1, 0.15) is 11.1 Å². The van der Waals surface area contributed by atoms with Crippen molar-refractivity contribution in [3.05, 3.63) is 128 Å². The van der Waals surface area contributed by atoms with Gasteiger partial charge in [0.15, 0.2) is 5.76 Å². The Morgan fingerprint density at radius 2 is 1.79 bits per heavy atom. The van der Waals surface area contributed by atoms with E-state index in [1.54, 1.807) is 72.8 Å². The van der Waals surface area contributed by atoms with Crippen LogP contribution in [0.2, 0.25) is 10.0 Å². The Kier molecular flexibility index (Phi) is 6.60. The van der Waals surface area contributed by atoms with Gasteiger partial charge in [-0.2, -0.15) is 9.78 Å². The molecular weight excluding hydrogens is 540 g/mol. The molecule has 0 amide bonds. The summed E-state index contributed by atoms with van der Waals surface area (Å²) in [6.45, 7) is 0.234. The molecule has 2 heterocycles. The standard InChI is InChI=1S/C30H18Cl2FN3O3/c31-21-8-12-26-20(14-21)15-28(39-26)29-35-25-4-2-1-3-23(25)30(37)36(29)34-16-19-7-11-27(24(32)13-19)38-17-18-5-9-22(33)10-6-18/h1-16H,17H2. The number of halogens is 3. The number of para-hydroxylation sites is 1. The largest absolute Gasteiger partial charge is 0.487 e. The van der Waals surface area contributed by atoms with E-state index >= 15 is 0 Å². The molecule has 0 N–H and O–H groups in total. The van der Waals surface area contributed by atoms with E-state index < -0.39 is 0 Å². The Morgan fingerprint density at radius 3 is 2.62 bits per heavy atom. The molecule has 0 spiro atoms. The Labute approximate surface area is 231 Å². The first-order valence-electron chi connectivity index (χ1n) is 11.9. The van der Waals surface area contributed by atoms with Gasteiger partial charge in [-0.3, -0.25) is 4.79 Å². The summed E-state index contributed by atoms with van der Waals surface area (Å²) in [5.74, 6) is 0.765. The monoisotopic (exact) mass is 557 g/mol. The summed E-state index contributed by atoms with van der Waals surface area (Å²) in [5.41, 5.74) is 2.22. The van der Waals surface area contributed by atoms with Crippen molar-refractivity contribution in [2.75, 3.05) is 0 Å². The van der Waals surface area contributed by atoms with Crippen LogP contribution in [0, 0.1) is 5.82 Å². The van der Waals surface area contributed by atoms with E-state index in [4.69, 9.17) is 32.4 Å². The molecule has 6 nitrogen and oxygen atoms in total. The molecule has 192 valence electrons. The summed E-state index contributed by atoms with van der Waals surface area (Å²) in [4.78, 5) is 18.1. The smallest absolute Gasteiger partial charge is 0.282 e. The Hall–Kier alpha value is -4.46. The van der Waals surface area contributed by atoms with Crippen molar-refractivity contribution in [2.24, 2.45) is 5.10 Å². The third-order valence-electron chi connectivity index (χ3n) is 6.04. The quantitative estimate of drug-likeness (QED) is 0.196. The molecule has 0 atom stereocenters. The number of rotatable bonds is 6. The van der Waals surface area contributed by atoms with Crippen LogP contribution in [0.4, 0.5) is 4.39 Å². The molecular formula is C30H18Cl2FN3O3. The fraction of sp³-hybridized carbons (Fsp3) is 0.0333. The summed E-state index contributed by atoms with van der Waals surface area (Å²) in [7, 11) is 0. The van der Waals surface area contributed by atoms with Gasteiger partial charge in [-0.1, -0.05) is 47.5 Å². The first-order valence-corrected chi connectivity index (χ1v) is 12.6. The lowest BCUT2D eigenvalue weighted by Crippen LogP contribution is -2.20. The van der Waals surface area contributed by atoms with E-state index in [1.807, 2.05) is 6.07 Å². The second-order valence-electron chi connectivity index (χ2n) is 8.71. The topological polar surface area (TPSA) is 69.6 Å². The fourth-order valence-corrected chi connectivity index (χ4v) is 4.52. The minimum absolute atomic E-state index is 0.234. The van der Waals surface area contributed by atoms with Crippen molar-refractivity contribution in [3.8, 4) is 17.3 Å². The minimum atomic E-state index is -0.351. The van der Waals surface area contributed by atoms with E-state index in [2.05, 4.69) is 10.1 Å². The molecule has 0 aliphatic carbocycles. The van der Waals surface area contributed by atoms with Gasteiger partial charge in [0, 0.05) is 10.4 Å². The van der Waals surface area contributed by atoms with Crippen LogP contribution in [-0.2, 0) is 6.61 Å². The van der Waals surface area contributed by atoms with Gasteiger partial charge in [-0.25, -0.2) is 9.37 Å². The third-order valence-corrected chi connectivity index (χ3v) is 6.57. The summed E-state index contributed by atoms with van der Waals surface area (Å²) < 4.78 is 26.1. The van der Waals surface area contributed by atoms with Gasteiger partial charge >= 0.3 is 0 Å². The molecule has 9 heteroatoms. The maximum absolute atomic E-state index is 13.5. The Bertz CT molecular complexity index is 1930. The molecule has 6 aromatic rings. The van der Waals surface area contributed by atoms with E-state index in [1.165, 1.54) is 23.0 Å². The molecule has 0 aliphatic rings. The lowest BCUT2D eigenvalue weighted by Gasteiger charge is -2.09. The number of hydrogen-bond donors (Lipinski definition) is 0. The van der Waals surface area contributed by atoms with E-state index in [9.17, 15) is 9.18 Å². The zero-order valence-electron chi connectivity index (χ0n) is 20.1. The van der Waals surface area contributed by atoms with Crippen LogP contribution < -0.4 is 10.3 Å². The van der Waals surface area contributed by atoms with Gasteiger partial charge in [0.05, 0.1) is 22.1 Å². The molecule has 0 bridgehead atoms. The minimum Gasteiger partial charge on any atom is -0.487 e. The summed E-state index contributed by atoms with van der Waals surface area (Å²) in [6.07, 6.45) is 1.51. The molecule has 39 heavy (non-hydrogen) atoms. The van der Waals surface area contributed by atoms with Crippen molar-refractivity contribution >= 4 is 51.3 Å². The number of ether oxygens (including phenoxy) is 1. The summed E-state index contributed by atoms with van der Waals surface area (Å²) in [6, 6.07) is 25.3. The number of furan rings is 1. The van der Waals surface area contributed by atoms with Crippen LogP contribution >= 0.6 is 23.2 Å². The van der Waals surface area contributed by atoms with Crippen LogP contribution in [0.3, 0.4) is 0 Å². The molecule has 0 aliphatic heterocycles. The fourth-order valence-electron chi connectivity index (χ4n) is 4.10. The third kappa shape index (κ3) is 5.14. The van der Waals surface area contributed by atoms with Crippen molar-refractivity contribution in [1.82, 2.24) is 9.66 Å². The van der Waals surface area contributed by atoms with Crippen molar-refractivity contribution in [2.45, 2.75) is 6.61 Å². The van der Waals surface area contributed by atoms with Gasteiger partial charge in [-0.15, -0.1) is 0 Å². The van der Waals surface area contributed by atoms with Crippen LogP contribution in [0.15, 0.2) is 105 Å². The predicted molar refractivity (Wildman–Crippen MR) is 151 cm³/mol. The summed E-state index contributed by atoms with van der Waals surface area (Å²) in [5, 5.41) is 6.58. The summed E-state index contributed by atoms with van der Waals surface area (Å²) >= 11 is 12.6. The van der Waals surface area contributed by atoms with Gasteiger partial charge in [-0.05, 0) is 77.9 Å². The average Bonchev–Trinajstić information content (AvgIpc) is 3.36. The maximum atomic E-state index is 13.5. The van der Waals surface area contributed by atoms with Crippen molar-refractivity contribution in [3.63, 3.8) is 0 Å². The average molecular weight is 558 g/mol. The molecule has 0 radical (unpaired) electrons. The number of benzene rings is 4. The second kappa shape index (κ2) is 10.4. The first kappa shape index (κ1) is 24.9. The van der Waals surface area contributed by atoms with E-state index in [-0.39, 0.29) is 23.8 Å². The zero-order valence-corrected chi connectivity index (χ0v) is 21.7. The lowest BCUT2D eigenvalue weighted by molar-refractivity contribution is 0.306. The normalized spacial score (nSPS) is 11.6. The Balaban J connectivity index is 1.35. The molecule has 6 rings (SSSR count). The van der Waals surface area contributed by atoms with Gasteiger partial charge in [0.25, 0.3) is 5.56 Å². The molecule has 0 fully saturated rings. The van der Waals surface area contributed by atoms with Gasteiger partial charge in [0.1, 0.15) is 23.8 Å². The van der Waals surface area contributed by atoms with Crippen molar-refractivity contribution in [1.29, 1.82) is 0 Å². The molecule has 0 unspecified atom stereocenters. The number of aromatic nitrogens is 2. The lowest BCUT2D eigenvalue weighted by atomic mass is 10.2. The molecule has 0 saturated heterocycles. The number of hydrogen-bond acceptors (Lipinski definition) is 5. The number of fused-ring (bicyclic) bond motifs is 2. The van der Waals surface area contributed by atoms with E-state index in [0.29, 0.717) is 43.6 Å². The number of nitrogens with zero attached hydrogens (tertiary/aromatic N) is 3. The van der Waals surface area contributed by atoms with Crippen LogP contribution in [0.5, 0.6) is 5.75 Å². The highest BCUT2D eigenvalue weighted by molar-refractivity contribution is 6.32. The van der Waals surface area contributed by atoms with Crippen LogP contribution in [-0.4, -0.2) is 15.9 Å². The highest BCUT2D eigenvalue weighted by Crippen LogP contribution is 2.29. The maximum Gasteiger partial charge on any atom is 0.282 e. The second-order valence-corrected chi connectivity index (χ2v) is 9.56. The molecule has 2 aromatic heterocycles. The van der Waals surface area contributed by atoms with Gasteiger partial charge < -0.3 is 9.15 Å². The van der Waals surface area contributed by atoms with Crippen LogP contribution in [0.25, 0.3) is 33.5 Å². The van der Waals surface area contributed by atoms with Gasteiger partial charge in [0.2, 0.25) is 5.82 Å². The first-order chi connectivity index (χ1) is 18.9. The zero-order chi connectivity index (χ0) is 26.9. The molecule has 0 saturated carbocycles. The Morgan fingerprint density at radius 1 is 0.974 bits per heavy atom. The SMILES string of the molecule is O=c1c2ccccc2nc(-c2cc3cc(Cl)ccc3o2)n1N=Cc1ccc(OCc2ccc(F)cc2)c(Cl)c1. The van der Waals surface area contributed by atoms with E-state index in [0.717, 1.165) is 10.9 Å².